The molecule has 150 valence electrons. The SMILES string of the molecule is C/C(=N/NC(N)=S)c1ccc(NC(=O)CN2C(=O)c3ccccc3S2(=O)=O)cc1. The zero-order valence-corrected chi connectivity index (χ0v) is 16.9. The number of nitrogens with two attached hydrogens (primary N) is 1. The van der Waals surface area contributed by atoms with Gasteiger partial charge in [-0.1, -0.05) is 24.3 Å². The second-order valence-electron chi connectivity index (χ2n) is 6.11. The predicted molar refractivity (Wildman–Crippen MR) is 112 cm³/mol. The fourth-order valence-corrected chi connectivity index (χ4v) is 4.29. The molecule has 0 spiro atoms. The molecule has 0 unspecified atom stereocenters. The molecular formula is C18H17N5O4S2. The molecule has 0 bridgehead atoms. The van der Waals surface area contributed by atoms with Crippen LogP contribution < -0.4 is 16.5 Å². The number of rotatable bonds is 5. The van der Waals surface area contributed by atoms with Crippen LogP contribution in [0, 0.1) is 0 Å². The van der Waals surface area contributed by atoms with Crippen molar-refractivity contribution in [2.45, 2.75) is 11.8 Å². The summed E-state index contributed by atoms with van der Waals surface area (Å²) in [6, 6.07) is 12.5. The van der Waals surface area contributed by atoms with E-state index in [4.69, 9.17) is 5.73 Å². The lowest BCUT2D eigenvalue weighted by atomic mass is 10.1. The van der Waals surface area contributed by atoms with Gasteiger partial charge in [-0.3, -0.25) is 15.0 Å². The molecule has 4 N–H and O–H groups in total. The summed E-state index contributed by atoms with van der Waals surface area (Å²) in [5, 5.41) is 6.62. The highest BCUT2D eigenvalue weighted by Gasteiger charge is 2.41. The summed E-state index contributed by atoms with van der Waals surface area (Å²) >= 11 is 4.68. The van der Waals surface area contributed by atoms with Gasteiger partial charge in [-0.15, -0.1) is 0 Å². The maximum atomic E-state index is 12.5. The van der Waals surface area contributed by atoms with E-state index < -0.39 is 28.4 Å². The van der Waals surface area contributed by atoms with Crippen molar-refractivity contribution in [1.29, 1.82) is 0 Å². The van der Waals surface area contributed by atoms with Gasteiger partial charge in [0, 0.05) is 5.69 Å². The Morgan fingerprint density at radius 2 is 1.83 bits per heavy atom. The molecule has 9 nitrogen and oxygen atoms in total. The minimum absolute atomic E-state index is 0.0433. The second kappa shape index (κ2) is 7.97. The molecule has 11 heteroatoms. The van der Waals surface area contributed by atoms with Crippen LogP contribution in [0.25, 0.3) is 0 Å². The number of amides is 2. The highest BCUT2D eigenvalue weighted by atomic mass is 32.2. The molecule has 0 saturated heterocycles. The first kappa shape index (κ1) is 20.4. The number of carbonyl (C=O) groups excluding carboxylic acids is 2. The van der Waals surface area contributed by atoms with Gasteiger partial charge in [0.25, 0.3) is 15.9 Å². The third-order valence-electron chi connectivity index (χ3n) is 4.12. The van der Waals surface area contributed by atoms with E-state index in [0.29, 0.717) is 15.7 Å². The average Bonchev–Trinajstić information content (AvgIpc) is 2.88. The molecule has 2 amide bonds. The number of thiocarbonyl (C=S) groups is 1. The number of carbonyl (C=O) groups is 2. The first-order valence-corrected chi connectivity index (χ1v) is 10.2. The van der Waals surface area contributed by atoms with E-state index in [1.807, 2.05) is 0 Å². The Morgan fingerprint density at radius 1 is 1.17 bits per heavy atom. The minimum atomic E-state index is -4.03. The van der Waals surface area contributed by atoms with Gasteiger partial charge in [0.1, 0.15) is 11.4 Å². The molecule has 1 aliphatic rings. The summed E-state index contributed by atoms with van der Waals surface area (Å²) in [6.07, 6.45) is 0. The number of nitrogens with one attached hydrogen (secondary N) is 2. The average molecular weight is 431 g/mol. The van der Waals surface area contributed by atoms with Gasteiger partial charge >= 0.3 is 0 Å². The Hall–Kier alpha value is -3.31. The standard InChI is InChI=1S/C18H17N5O4S2/c1-11(21-22-18(19)28)12-6-8-13(9-7-12)20-16(24)10-23-17(25)14-4-2-3-5-15(14)29(23,26)27/h2-9H,10H2,1H3,(H,20,24)(H3,19,22,28)/b21-11-. The van der Waals surface area contributed by atoms with Crippen LogP contribution in [-0.4, -0.2) is 41.9 Å². The largest absolute Gasteiger partial charge is 0.375 e. The molecule has 0 aliphatic carbocycles. The van der Waals surface area contributed by atoms with Gasteiger partial charge < -0.3 is 11.1 Å². The number of hydrogen-bond acceptors (Lipinski definition) is 6. The van der Waals surface area contributed by atoms with Crippen LogP contribution in [0.4, 0.5) is 5.69 Å². The van der Waals surface area contributed by atoms with E-state index >= 15 is 0 Å². The van der Waals surface area contributed by atoms with Crippen molar-refractivity contribution in [2.24, 2.45) is 10.8 Å². The van der Waals surface area contributed by atoms with Crippen LogP contribution >= 0.6 is 12.2 Å². The maximum Gasteiger partial charge on any atom is 0.269 e. The van der Waals surface area contributed by atoms with Gasteiger partial charge in [-0.05, 0) is 49.0 Å². The van der Waals surface area contributed by atoms with Gasteiger partial charge in [-0.2, -0.15) is 5.10 Å². The van der Waals surface area contributed by atoms with Crippen LogP contribution in [0.1, 0.15) is 22.8 Å². The van der Waals surface area contributed by atoms with E-state index in [1.165, 1.54) is 18.2 Å². The molecule has 0 aromatic heterocycles. The van der Waals surface area contributed by atoms with Gasteiger partial charge in [-0.25, -0.2) is 12.7 Å². The monoisotopic (exact) mass is 431 g/mol. The van der Waals surface area contributed by atoms with Crippen LogP contribution in [0.5, 0.6) is 0 Å². The summed E-state index contributed by atoms with van der Waals surface area (Å²) in [4.78, 5) is 24.6. The molecule has 3 rings (SSSR count). The minimum Gasteiger partial charge on any atom is -0.375 e. The van der Waals surface area contributed by atoms with E-state index in [2.05, 4.69) is 28.1 Å². The van der Waals surface area contributed by atoms with E-state index in [1.54, 1.807) is 37.3 Å². The summed E-state index contributed by atoms with van der Waals surface area (Å²) in [6.45, 7) is 1.14. The molecule has 2 aromatic rings. The molecule has 0 radical (unpaired) electrons. The van der Waals surface area contributed by atoms with Crippen molar-refractivity contribution in [3.63, 3.8) is 0 Å². The highest BCUT2D eigenvalue weighted by molar-refractivity contribution is 7.90. The van der Waals surface area contributed by atoms with E-state index in [0.717, 1.165) is 5.56 Å². The molecule has 1 heterocycles. The van der Waals surface area contributed by atoms with Crippen LogP contribution in [0.3, 0.4) is 0 Å². The van der Waals surface area contributed by atoms with Gasteiger partial charge in [0.05, 0.1) is 11.3 Å². The van der Waals surface area contributed by atoms with Crippen molar-refractivity contribution in [1.82, 2.24) is 9.73 Å². The molecular weight excluding hydrogens is 414 g/mol. The highest BCUT2D eigenvalue weighted by Crippen LogP contribution is 2.29. The predicted octanol–water partition coefficient (Wildman–Crippen LogP) is 1.03. The normalized spacial score (nSPS) is 15.0. The van der Waals surface area contributed by atoms with E-state index in [9.17, 15) is 18.0 Å². The lowest BCUT2D eigenvalue weighted by molar-refractivity contribution is -0.116. The Bertz CT molecular complexity index is 1130. The third kappa shape index (κ3) is 4.25. The maximum absolute atomic E-state index is 12.5. The van der Waals surface area contributed by atoms with E-state index in [-0.39, 0.29) is 15.6 Å². The Labute approximate surface area is 172 Å². The number of hydrogen-bond donors (Lipinski definition) is 3. The third-order valence-corrected chi connectivity index (χ3v) is 6.00. The fraction of sp³-hybridized carbons (Fsp3) is 0.111. The fourth-order valence-electron chi connectivity index (χ4n) is 2.72. The van der Waals surface area contributed by atoms with Gasteiger partial charge in [0.2, 0.25) is 5.91 Å². The Morgan fingerprint density at radius 3 is 2.45 bits per heavy atom. The van der Waals surface area contributed by atoms with Crippen molar-refractivity contribution in [2.75, 3.05) is 11.9 Å². The quantitative estimate of drug-likeness (QED) is 0.366. The molecule has 0 atom stereocenters. The van der Waals surface area contributed by atoms with Crippen LogP contribution in [0.2, 0.25) is 0 Å². The molecule has 1 aliphatic heterocycles. The Kier molecular flexibility index (Phi) is 5.62. The summed E-state index contributed by atoms with van der Waals surface area (Å²) in [5.74, 6) is -1.36. The number of sulfonamides is 1. The zero-order chi connectivity index (χ0) is 21.2. The first-order valence-electron chi connectivity index (χ1n) is 8.36. The number of anilines is 1. The van der Waals surface area contributed by atoms with Crippen molar-refractivity contribution < 1.29 is 18.0 Å². The lowest BCUT2D eigenvalue weighted by Crippen LogP contribution is -2.37. The number of nitrogens with zero attached hydrogens (tertiary/aromatic N) is 2. The van der Waals surface area contributed by atoms with Crippen LogP contribution in [-0.2, 0) is 14.8 Å². The number of hydrazone groups is 1. The van der Waals surface area contributed by atoms with Crippen LogP contribution in [0.15, 0.2) is 58.5 Å². The van der Waals surface area contributed by atoms with Crippen molar-refractivity contribution >= 4 is 50.6 Å². The first-order chi connectivity index (χ1) is 13.7. The summed E-state index contributed by atoms with van der Waals surface area (Å²) in [5.41, 5.74) is 9.69. The zero-order valence-electron chi connectivity index (χ0n) is 15.2. The van der Waals surface area contributed by atoms with Gasteiger partial charge in [0.15, 0.2) is 5.11 Å². The molecule has 2 aromatic carbocycles. The smallest absolute Gasteiger partial charge is 0.269 e. The lowest BCUT2D eigenvalue weighted by Gasteiger charge is -2.15. The number of fused-ring (bicyclic) bond motifs is 1. The summed E-state index contributed by atoms with van der Waals surface area (Å²) in [7, 11) is -4.03. The molecule has 29 heavy (non-hydrogen) atoms. The second-order valence-corrected chi connectivity index (χ2v) is 8.38. The molecule has 0 fully saturated rings. The Balaban J connectivity index is 1.68. The van der Waals surface area contributed by atoms with Crippen molar-refractivity contribution in [3.05, 3.63) is 59.7 Å². The summed E-state index contributed by atoms with van der Waals surface area (Å²) < 4.78 is 25.6. The van der Waals surface area contributed by atoms with Crippen molar-refractivity contribution in [3.8, 4) is 0 Å². The number of benzene rings is 2. The molecule has 0 saturated carbocycles. The topological polar surface area (TPSA) is 134 Å².